The highest BCUT2D eigenvalue weighted by Crippen LogP contribution is 2.52. The van der Waals surface area contributed by atoms with Crippen LogP contribution in [0.4, 0.5) is 0 Å². The Kier molecular flexibility index (Phi) is 5.35. The molecule has 0 aliphatic carbocycles. The maximum absolute atomic E-state index is 13.1. The van der Waals surface area contributed by atoms with Crippen LogP contribution in [0.3, 0.4) is 0 Å². The number of ether oxygens (including phenoxy) is 2. The van der Waals surface area contributed by atoms with Crippen LogP contribution in [0.25, 0.3) is 0 Å². The van der Waals surface area contributed by atoms with Gasteiger partial charge in [0, 0.05) is 12.8 Å². The van der Waals surface area contributed by atoms with Gasteiger partial charge in [-0.3, -0.25) is 0 Å². The number of esters is 1. The van der Waals surface area contributed by atoms with Crippen molar-refractivity contribution in [1.82, 2.24) is 0 Å². The number of piperidine rings is 1. The van der Waals surface area contributed by atoms with Crippen molar-refractivity contribution < 1.29 is 28.9 Å². The van der Waals surface area contributed by atoms with Crippen molar-refractivity contribution in [2.75, 3.05) is 14.1 Å². The Hall–Kier alpha value is -2.05. The Morgan fingerprint density at radius 1 is 1.17 bits per heavy atom. The van der Waals surface area contributed by atoms with E-state index in [2.05, 4.69) is 14.1 Å². The molecule has 0 spiro atoms. The van der Waals surface area contributed by atoms with Gasteiger partial charge < -0.3 is 34.4 Å². The van der Waals surface area contributed by atoms with Crippen molar-refractivity contribution >= 4 is 28.6 Å². The van der Waals surface area contributed by atoms with Crippen molar-refractivity contribution in [3.63, 3.8) is 0 Å². The Morgan fingerprint density at radius 3 is 2.03 bits per heavy atom. The lowest BCUT2D eigenvalue weighted by molar-refractivity contribution is -0.938. The second-order valence-electron chi connectivity index (χ2n) is 8.22. The molecule has 3 saturated heterocycles. The number of quaternary nitrogens is 1. The van der Waals surface area contributed by atoms with E-state index in [9.17, 15) is 9.90 Å². The Labute approximate surface area is 180 Å². The molecule has 0 aromatic carbocycles. The van der Waals surface area contributed by atoms with Crippen molar-refractivity contribution in [3.8, 4) is 0 Å². The first-order valence-corrected chi connectivity index (χ1v) is 11.2. The van der Waals surface area contributed by atoms with Gasteiger partial charge in [-0.25, -0.2) is 4.79 Å². The number of thiophene rings is 2. The first kappa shape index (κ1) is 21.2. The van der Waals surface area contributed by atoms with Gasteiger partial charge in [-0.05, 0) is 22.9 Å². The van der Waals surface area contributed by atoms with Crippen LogP contribution >= 0.6 is 22.7 Å². The van der Waals surface area contributed by atoms with E-state index in [-0.39, 0.29) is 6.10 Å². The molecular weight excluding hydrogens is 432 g/mol. The zero-order valence-corrected chi connectivity index (χ0v) is 18.0. The van der Waals surface area contributed by atoms with E-state index in [4.69, 9.17) is 24.8 Å². The highest BCUT2D eigenvalue weighted by molar-refractivity contribution is 7.12. The fourth-order valence-electron chi connectivity index (χ4n) is 4.83. The third kappa shape index (κ3) is 3.50. The van der Waals surface area contributed by atoms with E-state index in [0.29, 0.717) is 34.0 Å². The van der Waals surface area contributed by atoms with Crippen LogP contribution in [0, 0.1) is 15.3 Å². The van der Waals surface area contributed by atoms with Crippen LogP contribution in [0.1, 0.15) is 22.6 Å². The van der Waals surface area contributed by atoms with Gasteiger partial charge in [0.25, 0.3) is 0 Å². The fraction of sp³-hybridized carbons (Fsp3) is 0.526. The molecule has 162 valence electrons. The van der Waals surface area contributed by atoms with E-state index < -0.39 is 16.7 Å². The molecule has 0 radical (unpaired) electrons. The van der Waals surface area contributed by atoms with Crippen LogP contribution in [0.5, 0.6) is 0 Å². The van der Waals surface area contributed by atoms with Gasteiger partial charge in [0.05, 0.1) is 28.9 Å². The smallest absolute Gasteiger partial charge is 0.349 e. The highest BCUT2D eigenvalue weighted by Gasteiger charge is 2.71. The Morgan fingerprint density at radius 2 is 1.63 bits per heavy atom. The average molecular weight is 455 g/mol. The number of epoxide rings is 1. The number of morpholine rings is 1. The number of fused-ring (bicyclic) bond motifs is 5. The lowest BCUT2D eigenvalue weighted by Crippen LogP contribution is -2.60. The highest BCUT2D eigenvalue weighted by atomic mass is 32.1. The standard InChI is InChI=1S/C19H22NO4S2.NO3/c1-20(2)12-9-11(10-13(20)17-16(12)24-17)23-18(21)19(22,14-5-3-7-25-14)15-6-4-8-26-15;2-1(3)4/h3-8,11-13,16-17,22H,9-10H2,1-2H3;/q+1;-1/t11?,12-,13-,16-,17+;/m0./s1. The molecule has 2 bridgehead atoms. The van der Waals surface area contributed by atoms with E-state index in [1.165, 1.54) is 22.7 Å². The minimum Gasteiger partial charge on any atom is -0.459 e. The number of carbonyl (C=O) groups is 1. The lowest BCUT2D eigenvalue weighted by atomic mass is 9.95. The fourth-order valence-corrected chi connectivity index (χ4v) is 6.54. The quantitative estimate of drug-likeness (QED) is 0.247. The largest absolute Gasteiger partial charge is 0.459 e. The average Bonchev–Trinajstić information content (AvgIpc) is 3.02. The summed E-state index contributed by atoms with van der Waals surface area (Å²) in [6, 6.07) is 8.01. The zero-order chi connectivity index (χ0) is 21.7. The van der Waals surface area contributed by atoms with Gasteiger partial charge in [0.2, 0.25) is 5.60 Å². The third-order valence-electron chi connectivity index (χ3n) is 6.36. The first-order valence-electron chi connectivity index (χ1n) is 9.47. The Balaban J connectivity index is 0.000000503. The number of aliphatic hydroxyl groups is 1. The van der Waals surface area contributed by atoms with Crippen molar-refractivity contribution in [1.29, 1.82) is 0 Å². The second kappa shape index (κ2) is 7.57. The number of hydrogen-bond donors (Lipinski definition) is 1. The van der Waals surface area contributed by atoms with Crippen molar-refractivity contribution in [3.05, 3.63) is 60.1 Å². The van der Waals surface area contributed by atoms with Gasteiger partial charge in [0.15, 0.2) is 0 Å². The van der Waals surface area contributed by atoms with E-state index in [1.54, 1.807) is 12.1 Å². The number of nitrogens with zero attached hydrogens (tertiary/aromatic N) is 2. The van der Waals surface area contributed by atoms with Crippen molar-refractivity contribution in [2.24, 2.45) is 0 Å². The molecule has 2 aromatic rings. The molecule has 5 atom stereocenters. The summed E-state index contributed by atoms with van der Waals surface area (Å²) in [7, 11) is 4.49. The van der Waals surface area contributed by atoms with Crippen LogP contribution in [0.2, 0.25) is 0 Å². The van der Waals surface area contributed by atoms with Crippen molar-refractivity contribution in [2.45, 2.75) is 48.8 Å². The summed E-state index contributed by atoms with van der Waals surface area (Å²) >= 11 is 2.74. The molecule has 1 unspecified atom stereocenters. The van der Waals surface area contributed by atoms with Crippen LogP contribution in [0.15, 0.2) is 35.0 Å². The summed E-state index contributed by atoms with van der Waals surface area (Å²) in [4.78, 5) is 22.6. The van der Waals surface area contributed by atoms with Crippen LogP contribution in [-0.2, 0) is 19.9 Å². The number of hydrogen-bond acceptors (Lipinski definition) is 9. The van der Waals surface area contributed by atoms with E-state index in [1.807, 2.05) is 22.9 Å². The topological polar surface area (TPSA) is 125 Å². The minimum atomic E-state index is -1.75. The van der Waals surface area contributed by atoms with Gasteiger partial charge in [-0.15, -0.1) is 22.7 Å². The maximum atomic E-state index is 13.1. The number of likely N-dealkylation sites (N-methyl/N-ethyl adjacent to an activating group) is 1. The number of carbonyl (C=O) groups excluding carboxylic acids is 1. The molecule has 3 fully saturated rings. The van der Waals surface area contributed by atoms with E-state index in [0.717, 1.165) is 17.3 Å². The SMILES string of the molecule is C[N+]1(C)[C@H]2CC(OC(=O)C(O)(c3cccs3)c3cccs3)C[C@H]1[C@H]1O[C@H]12.O=[N+]([O-])[O-]. The normalized spacial score (nSPS) is 30.6. The molecule has 0 amide bonds. The molecule has 5 rings (SSSR count). The van der Waals surface area contributed by atoms with E-state index >= 15 is 0 Å². The molecule has 5 heterocycles. The molecule has 9 nitrogen and oxygen atoms in total. The lowest BCUT2D eigenvalue weighted by Gasteiger charge is -2.45. The summed E-state index contributed by atoms with van der Waals surface area (Å²) in [5.74, 6) is -0.561. The molecule has 1 N–H and O–H groups in total. The summed E-state index contributed by atoms with van der Waals surface area (Å²) < 4.78 is 12.6. The van der Waals surface area contributed by atoms with Crippen LogP contribution < -0.4 is 0 Å². The predicted molar refractivity (Wildman–Crippen MR) is 109 cm³/mol. The molecule has 3 aliphatic rings. The van der Waals surface area contributed by atoms with Gasteiger partial charge in [0.1, 0.15) is 30.4 Å². The zero-order valence-electron chi connectivity index (χ0n) is 16.4. The molecule has 0 saturated carbocycles. The molecule has 30 heavy (non-hydrogen) atoms. The molecular formula is C19H22N2O7S2. The van der Waals surface area contributed by atoms with Gasteiger partial charge in [-0.1, -0.05) is 12.1 Å². The van der Waals surface area contributed by atoms with Gasteiger partial charge in [-0.2, -0.15) is 0 Å². The molecule has 11 heteroatoms. The summed E-state index contributed by atoms with van der Waals surface area (Å²) in [5.41, 5.74) is -1.72. The number of rotatable bonds is 4. The Bertz CT molecular complexity index is 857. The predicted octanol–water partition coefficient (Wildman–Crippen LogP) is 2.11. The summed E-state index contributed by atoms with van der Waals surface area (Å²) in [5, 5.41) is 29.8. The maximum Gasteiger partial charge on any atom is 0.349 e. The second-order valence-corrected chi connectivity index (χ2v) is 10.1. The molecule has 2 aromatic heterocycles. The first-order chi connectivity index (χ1) is 14.2. The summed E-state index contributed by atoms with van der Waals surface area (Å²) in [6.07, 6.45) is 2.05. The van der Waals surface area contributed by atoms with Crippen LogP contribution in [-0.4, -0.2) is 65.1 Å². The summed E-state index contributed by atoms with van der Waals surface area (Å²) in [6.45, 7) is 0. The molecule has 3 aliphatic heterocycles. The van der Waals surface area contributed by atoms with Gasteiger partial charge >= 0.3 is 5.97 Å². The third-order valence-corrected chi connectivity index (χ3v) is 8.32. The monoisotopic (exact) mass is 454 g/mol. The minimum absolute atomic E-state index is 0.161.